The van der Waals surface area contributed by atoms with E-state index in [1.54, 1.807) is 36.7 Å². The number of nitrogens with one attached hydrogen (secondary N) is 2. The number of rotatable bonds is 7. The van der Waals surface area contributed by atoms with Crippen LogP contribution >= 0.6 is 0 Å². The Morgan fingerprint density at radius 2 is 1.94 bits per heavy atom. The van der Waals surface area contributed by atoms with Crippen LogP contribution in [0.4, 0.5) is 10.3 Å². The number of carbonyl (C=O) groups is 1. The van der Waals surface area contributed by atoms with E-state index in [4.69, 9.17) is 0 Å². The number of nitrogens with zero attached hydrogens (tertiary/aromatic N) is 5. The highest BCUT2D eigenvalue weighted by Gasteiger charge is 2.15. The molecule has 4 aromatic rings. The number of carbonyl (C=O) groups excluding carboxylic acids is 1. The number of anilines is 1. The lowest BCUT2D eigenvalue weighted by atomic mass is 10.2. The highest BCUT2D eigenvalue weighted by atomic mass is 19.1. The van der Waals surface area contributed by atoms with Gasteiger partial charge < -0.3 is 10.6 Å². The minimum atomic E-state index is -0.348. The van der Waals surface area contributed by atoms with E-state index in [1.165, 1.54) is 29.8 Å². The second-order valence-corrected chi connectivity index (χ2v) is 7.02. The van der Waals surface area contributed by atoms with Gasteiger partial charge in [0.05, 0.1) is 6.20 Å². The summed E-state index contributed by atoms with van der Waals surface area (Å²) in [5.74, 6) is -0.208. The van der Waals surface area contributed by atoms with Crippen molar-refractivity contribution < 1.29 is 9.18 Å². The minimum absolute atomic E-state index is 0.194. The first-order chi connectivity index (χ1) is 15.5. The van der Waals surface area contributed by atoms with Crippen molar-refractivity contribution in [3.63, 3.8) is 0 Å². The van der Waals surface area contributed by atoms with Crippen molar-refractivity contribution >= 4 is 23.0 Å². The molecular formula is C22H20FN7O2. The molecule has 32 heavy (non-hydrogen) atoms. The lowest BCUT2D eigenvalue weighted by Crippen LogP contribution is -2.31. The van der Waals surface area contributed by atoms with Crippen molar-refractivity contribution in [2.24, 2.45) is 0 Å². The quantitative estimate of drug-likeness (QED) is 0.459. The summed E-state index contributed by atoms with van der Waals surface area (Å²) in [5.41, 5.74) is 2.07. The van der Waals surface area contributed by atoms with Crippen LogP contribution in [-0.2, 0) is 17.9 Å². The fourth-order valence-corrected chi connectivity index (χ4v) is 3.15. The molecule has 0 saturated carbocycles. The normalized spacial score (nSPS) is 10.8. The molecule has 1 amide bonds. The molecule has 1 aromatic carbocycles. The van der Waals surface area contributed by atoms with Crippen molar-refractivity contribution in [1.82, 2.24) is 29.8 Å². The monoisotopic (exact) mass is 433 g/mol. The number of aromatic nitrogens is 5. The number of fused-ring (bicyclic) bond motifs is 1. The summed E-state index contributed by atoms with van der Waals surface area (Å²) in [6.45, 7) is 2.25. The first-order valence-electron chi connectivity index (χ1n) is 9.92. The molecule has 3 aromatic heterocycles. The van der Waals surface area contributed by atoms with E-state index in [9.17, 15) is 14.0 Å². The summed E-state index contributed by atoms with van der Waals surface area (Å²) in [4.78, 5) is 41.8. The number of hydrogen-bond acceptors (Lipinski definition) is 7. The van der Waals surface area contributed by atoms with Gasteiger partial charge in [0.2, 0.25) is 11.9 Å². The minimum Gasteiger partial charge on any atom is -0.355 e. The number of amides is 1. The van der Waals surface area contributed by atoms with E-state index in [0.29, 0.717) is 29.2 Å². The average Bonchev–Trinajstić information content (AvgIpc) is 2.80. The largest absolute Gasteiger partial charge is 0.355 e. The molecule has 162 valence electrons. The Bertz CT molecular complexity index is 1310. The van der Waals surface area contributed by atoms with Gasteiger partial charge in [-0.3, -0.25) is 19.1 Å². The Balaban J connectivity index is 1.71. The molecule has 0 aliphatic heterocycles. The third kappa shape index (κ3) is 4.75. The smallest absolute Gasteiger partial charge is 0.278 e. The van der Waals surface area contributed by atoms with Gasteiger partial charge in [-0.2, -0.15) is 4.98 Å². The summed E-state index contributed by atoms with van der Waals surface area (Å²) in [7, 11) is 0. The van der Waals surface area contributed by atoms with Crippen LogP contribution in [0.25, 0.3) is 22.4 Å². The second-order valence-electron chi connectivity index (χ2n) is 7.02. The molecule has 9 nitrogen and oxygen atoms in total. The molecule has 0 spiro atoms. The van der Waals surface area contributed by atoms with Gasteiger partial charge in [-0.1, -0.05) is 12.1 Å². The van der Waals surface area contributed by atoms with Gasteiger partial charge in [0, 0.05) is 44.5 Å². The van der Waals surface area contributed by atoms with Crippen LogP contribution in [0.15, 0.2) is 59.8 Å². The zero-order valence-electron chi connectivity index (χ0n) is 17.2. The lowest BCUT2D eigenvalue weighted by Gasteiger charge is -2.13. The lowest BCUT2D eigenvalue weighted by molar-refractivity contribution is -0.118. The fraction of sp³-hybridized carbons (Fsp3) is 0.182. The Labute approximate surface area is 182 Å². The fourth-order valence-electron chi connectivity index (χ4n) is 3.15. The Kier molecular flexibility index (Phi) is 6.11. The Morgan fingerprint density at radius 3 is 2.66 bits per heavy atom. The van der Waals surface area contributed by atoms with Crippen molar-refractivity contribution in [2.45, 2.75) is 20.0 Å². The molecule has 0 saturated heterocycles. The van der Waals surface area contributed by atoms with E-state index >= 15 is 0 Å². The highest BCUT2D eigenvalue weighted by Crippen LogP contribution is 2.16. The molecule has 0 aliphatic rings. The zero-order valence-corrected chi connectivity index (χ0v) is 17.2. The van der Waals surface area contributed by atoms with Crippen molar-refractivity contribution in [1.29, 1.82) is 0 Å². The molecule has 2 N–H and O–H groups in total. The van der Waals surface area contributed by atoms with Crippen LogP contribution in [0.3, 0.4) is 0 Å². The second kappa shape index (κ2) is 9.29. The predicted molar refractivity (Wildman–Crippen MR) is 117 cm³/mol. The van der Waals surface area contributed by atoms with Gasteiger partial charge in [0.25, 0.3) is 5.56 Å². The molecule has 0 atom stereocenters. The van der Waals surface area contributed by atoms with Crippen molar-refractivity contribution in [3.8, 4) is 11.3 Å². The van der Waals surface area contributed by atoms with Gasteiger partial charge >= 0.3 is 0 Å². The van der Waals surface area contributed by atoms with E-state index in [-0.39, 0.29) is 36.1 Å². The van der Waals surface area contributed by atoms with Gasteiger partial charge in [-0.15, -0.1) is 0 Å². The summed E-state index contributed by atoms with van der Waals surface area (Å²) >= 11 is 0. The van der Waals surface area contributed by atoms with Gasteiger partial charge in [-0.05, 0) is 29.8 Å². The van der Waals surface area contributed by atoms with E-state index in [0.717, 1.165) is 5.56 Å². The number of hydrogen-bond donors (Lipinski definition) is 2. The maximum atomic E-state index is 13.2. The van der Waals surface area contributed by atoms with E-state index < -0.39 is 0 Å². The van der Waals surface area contributed by atoms with Gasteiger partial charge in [0.1, 0.15) is 17.0 Å². The number of pyridine rings is 1. The standard InChI is InChI=1S/C22H20FN7O2/c1-14(31)25-9-10-30-20-18(28-19(21(30)32)16-3-2-8-24-12-16)13-27-22(29-20)26-11-15-4-6-17(23)7-5-15/h2-8,12-13H,9-11H2,1H3,(H,25,31)(H,26,27,29). The maximum absolute atomic E-state index is 13.2. The maximum Gasteiger partial charge on any atom is 0.278 e. The van der Waals surface area contributed by atoms with Gasteiger partial charge in [-0.25, -0.2) is 14.4 Å². The third-order valence-corrected chi connectivity index (χ3v) is 4.69. The SMILES string of the molecule is CC(=O)NCCn1c(=O)c(-c2cccnc2)nc2cnc(NCc3ccc(F)cc3)nc21. The molecule has 0 bridgehead atoms. The van der Waals surface area contributed by atoms with Crippen LogP contribution in [0, 0.1) is 5.82 Å². The molecule has 4 rings (SSSR count). The van der Waals surface area contributed by atoms with E-state index in [1.807, 2.05) is 0 Å². The summed E-state index contributed by atoms with van der Waals surface area (Å²) < 4.78 is 14.6. The van der Waals surface area contributed by atoms with Crippen LogP contribution in [0.5, 0.6) is 0 Å². The molecule has 3 heterocycles. The van der Waals surface area contributed by atoms with Crippen LogP contribution in [-0.4, -0.2) is 37.0 Å². The van der Waals surface area contributed by atoms with Crippen LogP contribution in [0.1, 0.15) is 12.5 Å². The average molecular weight is 433 g/mol. The third-order valence-electron chi connectivity index (χ3n) is 4.69. The molecular weight excluding hydrogens is 413 g/mol. The predicted octanol–water partition coefficient (Wildman–Crippen LogP) is 2.14. The topological polar surface area (TPSA) is 115 Å². The Morgan fingerprint density at radius 1 is 1.12 bits per heavy atom. The zero-order chi connectivity index (χ0) is 22.5. The first-order valence-corrected chi connectivity index (χ1v) is 9.92. The summed E-state index contributed by atoms with van der Waals surface area (Å²) in [6, 6.07) is 9.55. The molecule has 0 unspecified atom stereocenters. The first kappa shape index (κ1) is 21.0. The Hall–Kier alpha value is -4.21. The molecule has 10 heteroatoms. The van der Waals surface area contributed by atoms with Crippen LogP contribution < -0.4 is 16.2 Å². The highest BCUT2D eigenvalue weighted by molar-refractivity contribution is 5.75. The van der Waals surface area contributed by atoms with Crippen molar-refractivity contribution in [2.75, 3.05) is 11.9 Å². The van der Waals surface area contributed by atoms with Crippen LogP contribution in [0.2, 0.25) is 0 Å². The van der Waals surface area contributed by atoms with Crippen molar-refractivity contribution in [3.05, 3.63) is 76.7 Å². The van der Waals surface area contributed by atoms with Gasteiger partial charge in [0.15, 0.2) is 5.65 Å². The molecule has 0 fully saturated rings. The number of halogens is 1. The number of benzene rings is 1. The summed E-state index contributed by atoms with van der Waals surface area (Å²) in [5, 5.41) is 5.76. The van der Waals surface area contributed by atoms with E-state index in [2.05, 4.69) is 30.6 Å². The molecule has 0 aliphatic carbocycles. The summed E-state index contributed by atoms with van der Waals surface area (Å²) in [6.07, 6.45) is 4.71. The molecule has 0 radical (unpaired) electrons.